The Hall–Kier alpha value is -1.98. The van der Waals surface area contributed by atoms with E-state index in [0.29, 0.717) is 11.6 Å². The first-order valence-corrected chi connectivity index (χ1v) is 5.92. The predicted octanol–water partition coefficient (Wildman–Crippen LogP) is 0.387. The number of amides is 1. The largest absolute Gasteiger partial charge is 0.479 e. The molecule has 0 saturated carbocycles. The molecule has 6 nitrogen and oxygen atoms in total. The topological polar surface area (TPSA) is 80.5 Å². The highest BCUT2D eigenvalue weighted by atomic mass is 16.5. The van der Waals surface area contributed by atoms with Gasteiger partial charge in [-0.25, -0.2) is 0 Å². The van der Waals surface area contributed by atoms with Crippen molar-refractivity contribution in [2.45, 2.75) is 19.4 Å². The molecule has 1 aromatic rings. The van der Waals surface area contributed by atoms with E-state index in [9.17, 15) is 4.79 Å². The Balaban J connectivity index is 2.07. The van der Waals surface area contributed by atoms with Crippen molar-refractivity contribution in [3.63, 3.8) is 0 Å². The van der Waals surface area contributed by atoms with Crippen LogP contribution in [0.15, 0.2) is 12.1 Å². The van der Waals surface area contributed by atoms with Crippen LogP contribution < -0.4 is 20.7 Å². The molecule has 1 unspecified atom stereocenters. The Labute approximate surface area is 106 Å². The zero-order valence-electron chi connectivity index (χ0n) is 10.6. The molecule has 1 aromatic heterocycles. The molecule has 0 radical (unpaired) electrons. The van der Waals surface area contributed by atoms with Gasteiger partial charge >= 0.3 is 0 Å². The number of nitrogen functional groups attached to an aromatic ring is 1. The van der Waals surface area contributed by atoms with Crippen molar-refractivity contribution >= 4 is 17.4 Å². The van der Waals surface area contributed by atoms with Gasteiger partial charge in [-0.1, -0.05) is 0 Å². The molecule has 6 heteroatoms. The lowest BCUT2D eigenvalue weighted by Gasteiger charge is -2.18. The number of nitrogens with one attached hydrogen (secondary N) is 1. The van der Waals surface area contributed by atoms with Gasteiger partial charge in [-0.05, 0) is 18.6 Å². The second kappa shape index (κ2) is 5.12. The van der Waals surface area contributed by atoms with Gasteiger partial charge in [-0.15, -0.1) is 0 Å². The quantitative estimate of drug-likeness (QED) is 0.811. The number of carbonyl (C=O) groups excluding carboxylic acids is 1. The third-order valence-corrected chi connectivity index (χ3v) is 2.99. The van der Waals surface area contributed by atoms with Gasteiger partial charge in [-0.2, -0.15) is 4.98 Å². The van der Waals surface area contributed by atoms with Gasteiger partial charge in [0.2, 0.25) is 11.8 Å². The molecule has 1 amide bonds. The molecule has 2 rings (SSSR count). The zero-order valence-corrected chi connectivity index (χ0v) is 10.6. The van der Waals surface area contributed by atoms with Crippen LogP contribution in [-0.2, 0) is 4.79 Å². The molecule has 1 fully saturated rings. The highest BCUT2D eigenvalue weighted by molar-refractivity contribution is 5.73. The molecule has 1 atom stereocenters. The van der Waals surface area contributed by atoms with Gasteiger partial charge in [-0.3, -0.25) is 4.79 Å². The Bertz CT molecular complexity index is 450. The summed E-state index contributed by atoms with van der Waals surface area (Å²) in [6.07, 6.45) is 0.925. The minimum atomic E-state index is 0.00435. The summed E-state index contributed by atoms with van der Waals surface area (Å²) in [6, 6.07) is 3.84. The van der Waals surface area contributed by atoms with E-state index < -0.39 is 0 Å². The van der Waals surface area contributed by atoms with E-state index in [-0.39, 0.29) is 11.9 Å². The van der Waals surface area contributed by atoms with E-state index in [2.05, 4.69) is 15.2 Å². The van der Waals surface area contributed by atoms with Crippen LogP contribution in [0.5, 0.6) is 5.88 Å². The second-order valence-corrected chi connectivity index (χ2v) is 4.40. The monoisotopic (exact) mass is 250 g/mol. The first-order chi connectivity index (χ1) is 8.60. The molecular weight excluding hydrogens is 232 g/mol. The average molecular weight is 250 g/mol. The molecule has 1 aliphatic heterocycles. The zero-order chi connectivity index (χ0) is 13.1. The Morgan fingerprint density at radius 1 is 1.61 bits per heavy atom. The number of methoxy groups -OCH3 is 1. The van der Waals surface area contributed by atoms with E-state index in [0.717, 1.165) is 25.3 Å². The Morgan fingerprint density at radius 2 is 2.39 bits per heavy atom. The van der Waals surface area contributed by atoms with Gasteiger partial charge in [0.05, 0.1) is 12.8 Å². The lowest BCUT2D eigenvalue weighted by atomic mass is 10.2. The Morgan fingerprint density at radius 3 is 3.06 bits per heavy atom. The van der Waals surface area contributed by atoms with E-state index in [1.54, 1.807) is 13.2 Å². The van der Waals surface area contributed by atoms with Crippen LogP contribution in [0.4, 0.5) is 11.5 Å². The molecule has 3 N–H and O–H groups in total. The molecule has 18 heavy (non-hydrogen) atoms. The Kier molecular flexibility index (Phi) is 3.55. The van der Waals surface area contributed by atoms with E-state index in [1.165, 1.54) is 6.92 Å². The lowest BCUT2D eigenvalue weighted by molar-refractivity contribution is -0.119. The molecule has 2 heterocycles. The van der Waals surface area contributed by atoms with Crippen molar-refractivity contribution in [2.24, 2.45) is 0 Å². The maximum absolute atomic E-state index is 11.0. The van der Waals surface area contributed by atoms with E-state index in [4.69, 9.17) is 10.5 Å². The van der Waals surface area contributed by atoms with Crippen LogP contribution in [0, 0.1) is 0 Å². The molecule has 0 aromatic carbocycles. The maximum atomic E-state index is 11.0. The maximum Gasteiger partial charge on any atom is 0.238 e. The van der Waals surface area contributed by atoms with Crippen molar-refractivity contribution < 1.29 is 9.53 Å². The van der Waals surface area contributed by atoms with Crippen LogP contribution in [0.1, 0.15) is 13.3 Å². The van der Waals surface area contributed by atoms with Crippen LogP contribution in [0.25, 0.3) is 0 Å². The predicted molar refractivity (Wildman–Crippen MR) is 69.6 cm³/mol. The normalized spacial score (nSPS) is 18.8. The number of carbonyl (C=O) groups is 1. The van der Waals surface area contributed by atoms with Gasteiger partial charge in [0.1, 0.15) is 5.82 Å². The number of nitrogens with two attached hydrogens (primary N) is 1. The minimum Gasteiger partial charge on any atom is -0.479 e. The van der Waals surface area contributed by atoms with Gasteiger partial charge < -0.3 is 20.7 Å². The first-order valence-electron chi connectivity index (χ1n) is 5.92. The molecular formula is C12H18N4O2. The molecule has 1 saturated heterocycles. The summed E-state index contributed by atoms with van der Waals surface area (Å²) in [6.45, 7) is 3.16. The summed E-state index contributed by atoms with van der Waals surface area (Å²) in [5, 5.41) is 2.92. The summed E-state index contributed by atoms with van der Waals surface area (Å²) in [4.78, 5) is 17.5. The lowest BCUT2D eigenvalue weighted by Crippen LogP contribution is -2.35. The standard InChI is InChI=1S/C12H18N4O2/c1-8(17)14-9-5-6-16(7-9)11-4-3-10(13)12(15-11)18-2/h3-4,9H,5-7,13H2,1-2H3,(H,14,17). The SMILES string of the molecule is COc1nc(N2CCC(NC(C)=O)C2)ccc1N. The second-order valence-electron chi connectivity index (χ2n) is 4.40. The number of rotatable bonds is 3. The smallest absolute Gasteiger partial charge is 0.238 e. The fraction of sp³-hybridized carbons (Fsp3) is 0.500. The summed E-state index contributed by atoms with van der Waals surface area (Å²) >= 11 is 0. The highest BCUT2D eigenvalue weighted by Crippen LogP contribution is 2.25. The number of nitrogens with zero attached hydrogens (tertiary/aromatic N) is 2. The third-order valence-electron chi connectivity index (χ3n) is 2.99. The van der Waals surface area contributed by atoms with Gasteiger partial charge in [0, 0.05) is 26.1 Å². The summed E-state index contributed by atoms with van der Waals surface area (Å²) in [5.74, 6) is 1.27. The van der Waals surface area contributed by atoms with Crippen LogP contribution >= 0.6 is 0 Å². The van der Waals surface area contributed by atoms with Gasteiger partial charge in [0.15, 0.2) is 0 Å². The number of hydrogen-bond donors (Lipinski definition) is 2. The molecule has 0 spiro atoms. The molecule has 0 bridgehead atoms. The first kappa shape index (κ1) is 12.5. The number of ether oxygens (including phenoxy) is 1. The fourth-order valence-corrected chi connectivity index (χ4v) is 2.15. The van der Waals surface area contributed by atoms with Crippen molar-refractivity contribution in [1.29, 1.82) is 0 Å². The number of aromatic nitrogens is 1. The van der Waals surface area contributed by atoms with Crippen molar-refractivity contribution in [2.75, 3.05) is 30.8 Å². The van der Waals surface area contributed by atoms with Crippen LogP contribution in [0.3, 0.4) is 0 Å². The molecule has 98 valence electrons. The van der Waals surface area contributed by atoms with E-state index >= 15 is 0 Å². The van der Waals surface area contributed by atoms with Crippen LogP contribution in [0.2, 0.25) is 0 Å². The average Bonchev–Trinajstić information content (AvgIpc) is 2.77. The number of hydrogen-bond acceptors (Lipinski definition) is 5. The number of anilines is 2. The minimum absolute atomic E-state index is 0.00435. The van der Waals surface area contributed by atoms with Gasteiger partial charge in [0.25, 0.3) is 0 Å². The molecule has 1 aliphatic rings. The molecule has 0 aliphatic carbocycles. The van der Waals surface area contributed by atoms with Crippen molar-refractivity contribution in [3.8, 4) is 5.88 Å². The summed E-state index contributed by atoms with van der Waals surface area (Å²) < 4.78 is 5.10. The van der Waals surface area contributed by atoms with Crippen molar-refractivity contribution in [3.05, 3.63) is 12.1 Å². The summed E-state index contributed by atoms with van der Waals surface area (Å²) in [7, 11) is 1.55. The highest BCUT2D eigenvalue weighted by Gasteiger charge is 2.24. The third kappa shape index (κ3) is 2.64. The van der Waals surface area contributed by atoms with E-state index in [1.807, 2.05) is 6.07 Å². The van der Waals surface area contributed by atoms with Crippen molar-refractivity contribution in [1.82, 2.24) is 10.3 Å². The number of pyridine rings is 1. The summed E-state index contributed by atoms with van der Waals surface area (Å²) in [5.41, 5.74) is 6.26. The van der Waals surface area contributed by atoms with Crippen LogP contribution in [-0.4, -0.2) is 37.1 Å². The fourth-order valence-electron chi connectivity index (χ4n) is 2.15.